The molecule has 2 nitrogen and oxygen atoms in total. The van der Waals surface area contributed by atoms with E-state index in [1.807, 2.05) is 26.0 Å². The molecule has 0 aromatic heterocycles. The van der Waals surface area contributed by atoms with E-state index in [9.17, 15) is 13.5 Å². The topological polar surface area (TPSA) is 40.5 Å². The number of allylic oxidation sites excluding steroid dienone is 4. The lowest BCUT2D eigenvalue weighted by Crippen LogP contribution is -1.95. The minimum atomic E-state index is -2.69. The molecule has 0 unspecified atom stereocenters. The number of benzene rings is 2. The number of halogens is 1. The summed E-state index contributed by atoms with van der Waals surface area (Å²) in [5.74, 6) is -0.245. The van der Waals surface area contributed by atoms with Gasteiger partial charge in [0, 0.05) is 6.26 Å². The molecule has 0 amide bonds. The standard InChI is InChI=1S/C18H17FO2S.C2H6/c1-22(20,21)16-11-7-14(8-12-16)18-4-2-3-17(18)13-5-9-15(19)10-6-13;1-2/h3-12,20-21H,2H2,1H3;1-2H3. The fraction of sp³-hybridized carbons (Fsp3) is 0.200. The van der Waals surface area contributed by atoms with Crippen molar-refractivity contribution in [2.45, 2.75) is 25.2 Å². The Labute approximate surface area is 144 Å². The molecule has 2 aromatic carbocycles. The highest BCUT2D eigenvalue weighted by molar-refractivity contribution is 8.23. The van der Waals surface area contributed by atoms with E-state index in [4.69, 9.17) is 0 Å². The third-order valence-electron chi connectivity index (χ3n) is 3.70. The highest BCUT2D eigenvalue weighted by atomic mass is 32.3. The van der Waals surface area contributed by atoms with Crippen LogP contribution in [-0.2, 0) is 0 Å². The van der Waals surface area contributed by atoms with Gasteiger partial charge in [0.15, 0.2) is 0 Å². The molecule has 3 rings (SSSR count). The Morgan fingerprint density at radius 3 is 1.62 bits per heavy atom. The average Bonchev–Trinajstić information content (AvgIpc) is 3.06. The molecule has 2 aromatic rings. The van der Waals surface area contributed by atoms with Crippen LogP contribution in [0.1, 0.15) is 31.4 Å². The predicted octanol–water partition coefficient (Wildman–Crippen LogP) is 6.46. The smallest absolute Gasteiger partial charge is 0.123 e. The van der Waals surface area contributed by atoms with Crippen LogP contribution in [0.5, 0.6) is 0 Å². The minimum Gasteiger partial charge on any atom is -0.295 e. The second-order valence-corrected chi connectivity index (χ2v) is 7.47. The summed E-state index contributed by atoms with van der Waals surface area (Å²) in [5, 5.41) is 0. The van der Waals surface area contributed by atoms with Crippen molar-refractivity contribution < 1.29 is 13.5 Å². The van der Waals surface area contributed by atoms with Gasteiger partial charge in [-0.05, 0) is 53.0 Å². The Bertz CT molecular complexity index is 739. The first-order valence-corrected chi connectivity index (χ1v) is 9.91. The molecule has 0 atom stereocenters. The van der Waals surface area contributed by atoms with Gasteiger partial charge in [0.2, 0.25) is 0 Å². The van der Waals surface area contributed by atoms with Crippen molar-refractivity contribution in [2.75, 3.05) is 6.26 Å². The van der Waals surface area contributed by atoms with Crippen LogP contribution >= 0.6 is 10.6 Å². The van der Waals surface area contributed by atoms with Crippen molar-refractivity contribution in [1.82, 2.24) is 0 Å². The summed E-state index contributed by atoms with van der Waals surface area (Å²) in [6.07, 6.45) is 6.50. The molecule has 0 saturated carbocycles. The average molecular weight is 346 g/mol. The van der Waals surface area contributed by atoms with Crippen LogP contribution in [0.3, 0.4) is 0 Å². The highest BCUT2D eigenvalue weighted by Crippen LogP contribution is 2.45. The molecular formula is C20H23FO2S. The molecule has 0 heterocycles. The van der Waals surface area contributed by atoms with E-state index in [-0.39, 0.29) is 5.82 Å². The third-order valence-corrected chi connectivity index (χ3v) is 4.87. The zero-order chi connectivity index (χ0) is 17.7. The zero-order valence-electron chi connectivity index (χ0n) is 14.2. The summed E-state index contributed by atoms with van der Waals surface area (Å²) in [6.45, 7) is 4.00. The van der Waals surface area contributed by atoms with Crippen LogP contribution in [0.4, 0.5) is 4.39 Å². The van der Waals surface area contributed by atoms with Crippen molar-refractivity contribution in [2.24, 2.45) is 0 Å². The van der Waals surface area contributed by atoms with Crippen LogP contribution in [0.15, 0.2) is 65.6 Å². The molecule has 1 aliphatic carbocycles. The summed E-state index contributed by atoms with van der Waals surface area (Å²) < 4.78 is 32.4. The van der Waals surface area contributed by atoms with E-state index in [1.54, 1.807) is 24.3 Å². The lowest BCUT2D eigenvalue weighted by molar-refractivity contribution is 0.495. The van der Waals surface area contributed by atoms with E-state index >= 15 is 0 Å². The highest BCUT2D eigenvalue weighted by Gasteiger charge is 2.15. The normalized spacial score (nSPS) is 14.4. The third kappa shape index (κ3) is 4.15. The minimum absolute atomic E-state index is 0.245. The first-order chi connectivity index (χ1) is 11.4. The molecule has 4 heteroatoms. The van der Waals surface area contributed by atoms with Crippen molar-refractivity contribution in [3.63, 3.8) is 0 Å². The molecule has 0 saturated heterocycles. The molecule has 2 N–H and O–H groups in total. The molecule has 0 spiro atoms. The SMILES string of the molecule is CC.CS(O)(O)c1ccc(C2=CCC=C2c2ccc(F)cc2)cc1. The molecule has 128 valence electrons. The quantitative estimate of drug-likeness (QED) is 0.669. The maximum absolute atomic E-state index is 13.1. The van der Waals surface area contributed by atoms with Gasteiger partial charge in [0.25, 0.3) is 0 Å². The van der Waals surface area contributed by atoms with Crippen molar-refractivity contribution in [3.8, 4) is 0 Å². The zero-order valence-corrected chi connectivity index (χ0v) is 15.0. The lowest BCUT2D eigenvalue weighted by atomic mass is 9.95. The van der Waals surface area contributed by atoms with Gasteiger partial charge in [-0.2, -0.15) is 10.6 Å². The molecule has 24 heavy (non-hydrogen) atoms. The summed E-state index contributed by atoms with van der Waals surface area (Å²) in [6, 6.07) is 13.7. The lowest BCUT2D eigenvalue weighted by Gasteiger charge is -2.27. The largest absolute Gasteiger partial charge is 0.295 e. The number of hydrogen-bond acceptors (Lipinski definition) is 2. The van der Waals surface area contributed by atoms with Gasteiger partial charge in [-0.1, -0.05) is 50.3 Å². The second-order valence-electron chi connectivity index (χ2n) is 5.34. The van der Waals surface area contributed by atoms with Crippen molar-refractivity contribution >= 4 is 21.7 Å². The van der Waals surface area contributed by atoms with Gasteiger partial charge in [0.05, 0.1) is 4.90 Å². The van der Waals surface area contributed by atoms with E-state index in [1.165, 1.54) is 18.4 Å². The molecule has 0 fully saturated rings. The Hall–Kier alpha value is -1.88. The second kappa shape index (κ2) is 7.79. The predicted molar refractivity (Wildman–Crippen MR) is 102 cm³/mol. The van der Waals surface area contributed by atoms with Gasteiger partial charge < -0.3 is 0 Å². The van der Waals surface area contributed by atoms with Crippen LogP contribution in [-0.4, -0.2) is 15.4 Å². The van der Waals surface area contributed by atoms with Crippen molar-refractivity contribution in [1.29, 1.82) is 0 Å². The van der Waals surface area contributed by atoms with Crippen LogP contribution in [0, 0.1) is 5.82 Å². The molecule has 1 aliphatic rings. The Morgan fingerprint density at radius 1 is 0.792 bits per heavy atom. The van der Waals surface area contributed by atoms with Gasteiger partial charge >= 0.3 is 0 Å². The first kappa shape index (κ1) is 18.5. The number of rotatable bonds is 3. The Kier molecular flexibility index (Phi) is 5.99. The summed E-state index contributed by atoms with van der Waals surface area (Å²) >= 11 is 0. The fourth-order valence-electron chi connectivity index (χ4n) is 2.58. The van der Waals surface area contributed by atoms with Gasteiger partial charge in [0.1, 0.15) is 5.82 Å². The molecule has 0 aliphatic heterocycles. The fourth-order valence-corrected chi connectivity index (χ4v) is 3.23. The van der Waals surface area contributed by atoms with Gasteiger partial charge in [-0.15, -0.1) is 0 Å². The number of hydrogen-bond donors (Lipinski definition) is 2. The Balaban J connectivity index is 0.00000100. The van der Waals surface area contributed by atoms with Gasteiger partial charge in [-0.25, -0.2) is 4.39 Å². The monoisotopic (exact) mass is 346 g/mol. The molecule has 0 bridgehead atoms. The summed E-state index contributed by atoms with van der Waals surface area (Å²) in [4.78, 5) is 0.530. The maximum Gasteiger partial charge on any atom is 0.123 e. The van der Waals surface area contributed by atoms with E-state index in [0.29, 0.717) is 4.90 Å². The van der Waals surface area contributed by atoms with E-state index in [2.05, 4.69) is 12.2 Å². The summed E-state index contributed by atoms with van der Waals surface area (Å²) in [5.41, 5.74) is 4.16. The molecular weight excluding hydrogens is 323 g/mol. The van der Waals surface area contributed by atoms with Crippen LogP contribution < -0.4 is 0 Å². The van der Waals surface area contributed by atoms with Gasteiger partial charge in [-0.3, -0.25) is 9.11 Å². The van der Waals surface area contributed by atoms with Crippen LogP contribution in [0.25, 0.3) is 11.1 Å². The Morgan fingerprint density at radius 2 is 1.21 bits per heavy atom. The first-order valence-electron chi connectivity index (χ1n) is 7.95. The van der Waals surface area contributed by atoms with Crippen molar-refractivity contribution in [3.05, 3.63) is 77.6 Å². The van der Waals surface area contributed by atoms with E-state index in [0.717, 1.165) is 28.7 Å². The van der Waals surface area contributed by atoms with E-state index < -0.39 is 10.6 Å². The molecule has 0 radical (unpaired) electrons. The van der Waals surface area contributed by atoms with Crippen LogP contribution in [0.2, 0.25) is 0 Å². The maximum atomic E-state index is 13.1. The summed E-state index contributed by atoms with van der Waals surface area (Å²) in [7, 11) is -2.69.